The molecule has 5 nitrogen and oxygen atoms in total. The number of hydrogen-bond acceptors (Lipinski definition) is 3. The van der Waals surface area contributed by atoms with Gasteiger partial charge in [0.25, 0.3) is 10.0 Å². The number of benzene rings is 2. The Bertz CT molecular complexity index is 914. The number of aryl methyl sites for hydroxylation is 2. The van der Waals surface area contributed by atoms with E-state index in [0.717, 1.165) is 30.4 Å². The van der Waals surface area contributed by atoms with Gasteiger partial charge < -0.3 is 5.32 Å². The predicted molar refractivity (Wildman–Crippen MR) is 94.3 cm³/mol. The summed E-state index contributed by atoms with van der Waals surface area (Å²) >= 11 is 11.7. The second-order valence-electron chi connectivity index (χ2n) is 5.47. The standard InChI is InChI=1S/C16H14Cl2N2O3S/c17-14-7-5-12(9-15(14)18)19-16(21)20-24(22,23)13-6-4-10-2-1-3-11(10)8-13/h4-9H,1-3H2,(H2,19,20,21). The molecule has 0 aromatic heterocycles. The fourth-order valence-electron chi connectivity index (χ4n) is 2.63. The molecule has 2 aromatic carbocycles. The Hall–Kier alpha value is -1.76. The van der Waals surface area contributed by atoms with Crippen molar-refractivity contribution in [3.05, 3.63) is 57.6 Å². The van der Waals surface area contributed by atoms with E-state index in [-0.39, 0.29) is 9.92 Å². The molecule has 2 aromatic rings. The van der Waals surface area contributed by atoms with Crippen molar-refractivity contribution in [2.24, 2.45) is 0 Å². The van der Waals surface area contributed by atoms with E-state index in [1.54, 1.807) is 12.1 Å². The van der Waals surface area contributed by atoms with Gasteiger partial charge in [-0.1, -0.05) is 29.3 Å². The van der Waals surface area contributed by atoms with Crippen LogP contribution in [0.4, 0.5) is 10.5 Å². The van der Waals surface area contributed by atoms with Crippen LogP contribution in [0.3, 0.4) is 0 Å². The molecule has 1 aliphatic rings. The summed E-state index contributed by atoms with van der Waals surface area (Å²) in [6.45, 7) is 0. The second kappa shape index (κ2) is 6.63. The SMILES string of the molecule is O=C(Nc1ccc(Cl)c(Cl)c1)NS(=O)(=O)c1ccc2c(c1)CCC2. The number of nitrogens with one attached hydrogen (secondary N) is 2. The first-order valence-corrected chi connectivity index (χ1v) is 9.50. The van der Waals surface area contributed by atoms with Crippen LogP contribution in [0.25, 0.3) is 0 Å². The first kappa shape index (κ1) is 17.1. The van der Waals surface area contributed by atoms with Crippen LogP contribution in [0.1, 0.15) is 17.5 Å². The molecule has 24 heavy (non-hydrogen) atoms. The van der Waals surface area contributed by atoms with Crippen molar-refractivity contribution in [1.29, 1.82) is 0 Å². The number of amides is 2. The number of sulfonamides is 1. The number of urea groups is 1. The molecule has 0 radical (unpaired) electrons. The summed E-state index contributed by atoms with van der Waals surface area (Å²) in [6.07, 6.45) is 2.83. The van der Waals surface area contributed by atoms with Crippen LogP contribution in [0.15, 0.2) is 41.3 Å². The van der Waals surface area contributed by atoms with Gasteiger partial charge in [0, 0.05) is 5.69 Å². The average Bonchev–Trinajstić information content (AvgIpc) is 2.98. The molecule has 0 bridgehead atoms. The highest BCUT2D eigenvalue weighted by Crippen LogP contribution is 2.26. The smallest absolute Gasteiger partial charge is 0.307 e. The monoisotopic (exact) mass is 384 g/mol. The lowest BCUT2D eigenvalue weighted by Gasteiger charge is -2.10. The molecule has 126 valence electrons. The number of carbonyl (C=O) groups excluding carboxylic acids is 1. The zero-order chi connectivity index (χ0) is 17.3. The maximum absolute atomic E-state index is 12.3. The Morgan fingerprint density at radius 1 is 0.958 bits per heavy atom. The zero-order valence-electron chi connectivity index (χ0n) is 12.5. The van der Waals surface area contributed by atoms with Crippen molar-refractivity contribution < 1.29 is 13.2 Å². The molecule has 1 aliphatic carbocycles. The van der Waals surface area contributed by atoms with Gasteiger partial charge in [-0.25, -0.2) is 17.9 Å². The number of rotatable bonds is 3. The number of hydrogen-bond donors (Lipinski definition) is 2. The molecule has 0 fully saturated rings. The third kappa shape index (κ3) is 3.66. The van der Waals surface area contributed by atoms with Gasteiger partial charge in [0.15, 0.2) is 0 Å². The number of anilines is 1. The number of fused-ring (bicyclic) bond motifs is 1. The first-order valence-electron chi connectivity index (χ1n) is 7.26. The van der Waals surface area contributed by atoms with E-state index < -0.39 is 16.1 Å². The van der Waals surface area contributed by atoms with Crippen LogP contribution in [0, 0.1) is 0 Å². The van der Waals surface area contributed by atoms with Crippen molar-refractivity contribution in [2.45, 2.75) is 24.2 Å². The molecule has 0 spiro atoms. The van der Waals surface area contributed by atoms with E-state index in [9.17, 15) is 13.2 Å². The molecule has 0 unspecified atom stereocenters. The lowest BCUT2D eigenvalue weighted by Crippen LogP contribution is -2.34. The van der Waals surface area contributed by atoms with Crippen molar-refractivity contribution >= 4 is 44.9 Å². The molecule has 0 atom stereocenters. The normalized spacial score (nSPS) is 13.4. The number of carbonyl (C=O) groups is 1. The minimum absolute atomic E-state index is 0.0763. The molecule has 0 aliphatic heterocycles. The van der Waals surface area contributed by atoms with Crippen LogP contribution in [0.5, 0.6) is 0 Å². The molecular formula is C16H14Cl2N2O3S. The van der Waals surface area contributed by atoms with E-state index in [1.807, 2.05) is 4.72 Å². The van der Waals surface area contributed by atoms with E-state index in [0.29, 0.717) is 10.7 Å². The first-order chi connectivity index (χ1) is 11.3. The van der Waals surface area contributed by atoms with Gasteiger partial charge in [-0.2, -0.15) is 0 Å². The van der Waals surface area contributed by atoms with E-state index in [4.69, 9.17) is 23.2 Å². The van der Waals surface area contributed by atoms with Gasteiger partial charge in [0.05, 0.1) is 14.9 Å². The van der Waals surface area contributed by atoms with E-state index in [1.165, 1.54) is 24.3 Å². The molecule has 2 amide bonds. The van der Waals surface area contributed by atoms with Crippen molar-refractivity contribution in [3.63, 3.8) is 0 Å². The van der Waals surface area contributed by atoms with Crippen molar-refractivity contribution in [1.82, 2.24) is 4.72 Å². The lowest BCUT2D eigenvalue weighted by molar-refractivity contribution is 0.256. The molecule has 3 rings (SSSR count). The molecule has 0 saturated carbocycles. The third-order valence-electron chi connectivity index (χ3n) is 3.78. The van der Waals surface area contributed by atoms with Gasteiger partial charge >= 0.3 is 6.03 Å². The van der Waals surface area contributed by atoms with Gasteiger partial charge in [-0.15, -0.1) is 0 Å². The second-order valence-corrected chi connectivity index (χ2v) is 7.97. The van der Waals surface area contributed by atoms with Gasteiger partial charge in [0.2, 0.25) is 0 Å². The highest BCUT2D eigenvalue weighted by Gasteiger charge is 2.20. The van der Waals surface area contributed by atoms with Crippen LogP contribution < -0.4 is 10.0 Å². The minimum atomic E-state index is -3.94. The van der Waals surface area contributed by atoms with Crippen LogP contribution in [-0.4, -0.2) is 14.4 Å². The topological polar surface area (TPSA) is 75.3 Å². The third-order valence-corrected chi connectivity index (χ3v) is 5.85. The fraction of sp³-hybridized carbons (Fsp3) is 0.188. The molecule has 0 heterocycles. The lowest BCUT2D eigenvalue weighted by atomic mass is 10.1. The maximum Gasteiger partial charge on any atom is 0.333 e. The summed E-state index contributed by atoms with van der Waals surface area (Å²) in [5.74, 6) is 0. The van der Waals surface area contributed by atoms with Crippen LogP contribution >= 0.6 is 23.2 Å². The summed E-state index contributed by atoms with van der Waals surface area (Å²) in [5.41, 5.74) is 2.52. The zero-order valence-corrected chi connectivity index (χ0v) is 14.8. The summed E-state index contributed by atoms with van der Waals surface area (Å²) in [7, 11) is -3.94. The largest absolute Gasteiger partial charge is 0.333 e. The Morgan fingerprint density at radius 2 is 1.71 bits per heavy atom. The van der Waals surface area contributed by atoms with Gasteiger partial charge in [-0.05, 0) is 60.7 Å². The quantitative estimate of drug-likeness (QED) is 0.839. The Balaban J connectivity index is 1.74. The van der Waals surface area contributed by atoms with Gasteiger partial charge in [0.1, 0.15) is 0 Å². The summed E-state index contributed by atoms with van der Waals surface area (Å²) in [4.78, 5) is 12.0. The molecule has 2 N–H and O–H groups in total. The average molecular weight is 385 g/mol. The summed E-state index contributed by atoms with van der Waals surface area (Å²) in [5, 5.41) is 3.02. The maximum atomic E-state index is 12.3. The Labute approximate surface area is 150 Å². The molecular weight excluding hydrogens is 371 g/mol. The molecule has 0 saturated heterocycles. The fourth-order valence-corrected chi connectivity index (χ4v) is 3.88. The van der Waals surface area contributed by atoms with Gasteiger partial charge in [-0.3, -0.25) is 0 Å². The van der Waals surface area contributed by atoms with Crippen LogP contribution in [-0.2, 0) is 22.9 Å². The minimum Gasteiger partial charge on any atom is -0.307 e. The summed E-state index contributed by atoms with van der Waals surface area (Å²) in [6, 6.07) is 8.54. The number of halogens is 2. The van der Waals surface area contributed by atoms with Crippen molar-refractivity contribution in [2.75, 3.05) is 5.32 Å². The van der Waals surface area contributed by atoms with E-state index in [2.05, 4.69) is 5.32 Å². The predicted octanol–water partition coefficient (Wildman–Crippen LogP) is 3.99. The molecule has 8 heteroatoms. The highest BCUT2D eigenvalue weighted by molar-refractivity contribution is 7.90. The van der Waals surface area contributed by atoms with Crippen molar-refractivity contribution in [3.8, 4) is 0 Å². The Kier molecular flexibility index (Phi) is 4.71. The van der Waals surface area contributed by atoms with E-state index >= 15 is 0 Å². The highest BCUT2D eigenvalue weighted by atomic mass is 35.5. The van der Waals surface area contributed by atoms with Crippen LogP contribution in [0.2, 0.25) is 10.0 Å². The summed E-state index contributed by atoms with van der Waals surface area (Å²) < 4.78 is 26.7. The Morgan fingerprint density at radius 3 is 2.46 bits per heavy atom.